The van der Waals surface area contributed by atoms with E-state index in [0.29, 0.717) is 28.3 Å². The number of hydrogen-bond acceptors (Lipinski definition) is 4. The van der Waals surface area contributed by atoms with Crippen LogP contribution in [0.25, 0.3) is 50.1 Å². The van der Waals surface area contributed by atoms with Crippen molar-refractivity contribution in [2.75, 3.05) is 5.32 Å². The van der Waals surface area contributed by atoms with E-state index >= 15 is 0 Å². The molecule has 2 N–H and O–H groups in total. The lowest BCUT2D eigenvalue weighted by Gasteiger charge is -2.12. The second kappa shape index (κ2) is 9.20. The van der Waals surface area contributed by atoms with Crippen LogP contribution in [0.1, 0.15) is 13.3 Å². The molecule has 3 heterocycles. The molecule has 0 unspecified atom stereocenters. The summed E-state index contributed by atoms with van der Waals surface area (Å²) in [6.07, 6.45) is 2.00. The smallest absolute Gasteiger partial charge is 0.284 e. The van der Waals surface area contributed by atoms with E-state index in [9.17, 15) is 9.59 Å². The molecule has 1 amide bonds. The maximum atomic E-state index is 14.1. The molecule has 6 rings (SSSR count). The fraction of sp³-hybridized carbons (Fsp3) is 0.0667. The van der Waals surface area contributed by atoms with Gasteiger partial charge in [-0.2, -0.15) is 9.61 Å². The highest BCUT2D eigenvalue weighted by molar-refractivity contribution is 5.97. The molecule has 37 heavy (non-hydrogen) atoms. The van der Waals surface area contributed by atoms with Crippen LogP contribution in [0.2, 0.25) is 0 Å². The summed E-state index contributed by atoms with van der Waals surface area (Å²) in [5.74, 6) is 0.136. The second-order valence-electron chi connectivity index (χ2n) is 8.71. The average molecular weight is 486 g/mol. The molecule has 0 aliphatic heterocycles. The number of nitrogens with zero attached hydrogens (tertiary/aromatic N) is 3. The fourth-order valence-corrected chi connectivity index (χ4v) is 4.57. The lowest BCUT2D eigenvalue weighted by atomic mass is 10.0. The first kappa shape index (κ1) is 22.4. The summed E-state index contributed by atoms with van der Waals surface area (Å²) in [5.41, 5.74) is 5.24. The zero-order valence-electron chi connectivity index (χ0n) is 20.1. The van der Waals surface area contributed by atoms with E-state index in [-0.39, 0.29) is 17.9 Å². The Kier molecular flexibility index (Phi) is 5.58. The number of benzene rings is 3. The van der Waals surface area contributed by atoms with Crippen LogP contribution in [0.5, 0.6) is 0 Å². The third kappa shape index (κ3) is 3.96. The molecule has 3 aromatic carbocycles. The van der Waals surface area contributed by atoms with Crippen molar-refractivity contribution in [3.05, 3.63) is 108 Å². The number of amides is 1. The topological polar surface area (TPSA) is 92.1 Å². The van der Waals surface area contributed by atoms with Crippen LogP contribution in [0.3, 0.4) is 0 Å². The van der Waals surface area contributed by atoms with Gasteiger partial charge < -0.3 is 10.3 Å². The summed E-state index contributed by atoms with van der Waals surface area (Å²) in [7, 11) is 0. The molecular formula is C30H23N5O2. The molecule has 0 fully saturated rings. The monoisotopic (exact) mass is 485 g/mol. The fourth-order valence-electron chi connectivity index (χ4n) is 4.57. The predicted molar refractivity (Wildman–Crippen MR) is 146 cm³/mol. The number of H-pyrrole nitrogens is 1. The van der Waals surface area contributed by atoms with E-state index in [1.807, 2.05) is 91.0 Å². The Morgan fingerprint density at radius 1 is 0.865 bits per heavy atom. The zero-order chi connectivity index (χ0) is 25.4. The highest BCUT2D eigenvalue weighted by Gasteiger charge is 2.23. The Balaban J connectivity index is 1.69. The standard InChI is InChI=1S/C30H23N5O2/c1-2-24(36)32-28-26(22-15-16-23-21(18-22)14-9-17-31-23)30(37)35-29(33-28)25(19-10-5-3-6-11-19)27(34-35)20-12-7-4-8-13-20/h3-18,33H,2H2,1H3,(H,32,36). The van der Waals surface area contributed by atoms with E-state index in [1.54, 1.807) is 13.1 Å². The molecule has 0 bridgehead atoms. The molecule has 0 spiro atoms. The maximum absolute atomic E-state index is 14.1. The highest BCUT2D eigenvalue weighted by Crippen LogP contribution is 2.36. The Morgan fingerprint density at radius 3 is 2.32 bits per heavy atom. The number of nitrogens with one attached hydrogen (secondary N) is 2. The van der Waals surface area contributed by atoms with Crippen LogP contribution < -0.4 is 10.9 Å². The number of hydrogen-bond donors (Lipinski definition) is 2. The van der Waals surface area contributed by atoms with Gasteiger partial charge in [-0.3, -0.25) is 14.6 Å². The minimum absolute atomic E-state index is 0.201. The number of carbonyl (C=O) groups excluding carboxylic acids is 1. The molecule has 6 aromatic rings. The molecule has 7 nitrogen and oxygen atoms in total. The number of pyridine rings is 1. The van der Waals surface area contributed by atoms with Crippen LogP contribution >= 0.6 is 0 Å². The van der Waals surface area contributed by atoms with Crippen molar-refractivity contribution in [3.63, 3.8) is 0 Å². The SMILES string of the molecule is CCC(=O)Nc1[nH]c2c(-c3ccccc3)c(-c3ccccc3)nn2c(=O)c1-c1ccc2ncccc2c1. The first-order valence-corrected chi connectivity index (χ1v) is 12.1. The zero-order valence-corrected chi connectivity index (χ0v) is 20.1. The quantitative estimate of drug-likeness (QED) is 0.317. The third-order valence-corrected chi connectivity index (χ3v) is 6.37. The van der Waals surface area contributed by atoms with Crippen molar-refractivity contribution in [3.8, 4) is 33.5 Å². The van der Waals surface area contributed by atoms with Gasteiger partial charge in [0.2, 0.25) is 5.91 Å². The van der Waals surface area contributed by atoms with Gasteiger partial charge in [-0.15, -0.1) is 0 Å². The molecule has 0 atom stereocenters. The lowest BCUT2D eigenvalue weighted by Crippen LogP contribution is -2.22. The minimum atomic E-state index is -0.331. The van der Waals surface area contributed by atoms with Gasteiger partial charge in [0, 0.05) is 23.6 Å². The molecule has 0 aliphatic carbocycles. The van der Waals surface area contributed by atoms with Gasteiger partial charge in [0.25, 0.3) is 5.56 Å². The van der Waals surface area contributed by atoms with E-state index in [1.165, 1.54) is 4.52 Å². The van der Waals surface area contributed by atoms with E-state index in [2.05, 4.69) is 15.3 Å². The average Bonchev–Trinajstić information content (AvgIpc) is 3.33. The number of fused-ring (bicyclic) bond motifs is 2. The van der Waals surface area contributed by atoms with Gasteiger partial charge in [-0.1, -0.05) is 79.7 Å². The Bertz CT molecular complexity index is 1820. The normalized spacial score (nSPS) is 11.2. The summed E-state index contributed by atoms with van der Waals surface area (Å²) in [6.45, 7) is 1.77. The van der Waals surface area contributed by atoms with Crippen LogP contribution in [-0.4, -0.2) is 25.5 Å². The highest BCUT2D eigenvalue weighted by atomic mass is 16.2. The molecule has 3 aromatic heterocycles. The van der Waals surface area contributed by atoms with Crippen LogP contribution in [0.15, 0.2) is 102 Å². The van der Waals surface area contributed by atoms with Gasteiger partial charge in [0.1, 0.15) is 17.2 Å². The second-order valence-corrected chi connectivity index (χ2v) is 8.71. The molecule has 0 saturated carbocycles. The van der Waals surface area contributed by atoms with Gasteiger partial charge in [0.15, 0.2) is 0 Å². The Hall–Kier alpha value is -5.04. The van der Waals surface area contributed by atoms with Crippen molar-refractivity contribution in [1.82, 2.24) is 19.6 Å². The summed E-state index contributed by atoms with van der Waals surface area (Å²) < 4.78 is 1.40. The molecule has 180 valence electrons. The van der Waals surface area contributed by atoms with E-state index in [4.69, 9.17) is 5.10 Å². The van der Waals surface area contributed by atoms with Crippen molar-refractivity contribution in [2.45, 2.75) is 13.3 Å². The molecule has 0 saturated heterocycles. The molecule has 0 aliphatic rings. The summed E-state index contributed by atoms with van der Waals surface area (Å²) in [4.78, 5) is 34.4. The summed E-state index contributed by atoms with van der Waals surface area (Å²) in [5, 5.41) is 8.60. The number of anilines is 1. The number of aromatic nitrogens is 4. The Labute approximate surface area is 212 Å². The first-order chi connectivity index (χ1) is 18.1. The van der Waals surface area contributed by atoms with Gasteiger partial charge in [-0.25, -0.2) is 0 Å². The first-order valence-electron chi connectivity index (χ1n) is 12.1. The van der Waals surface area contributed by atoms with Gasteiger partial charge >= 0.3 is 0 Å². The summed E-state index contributed by atoms with van der Waals surface area (Å²) >= 11 is 0. The number of carbonyl (C=O) groups is 1. The van der Waals surface area contributed by atoms with Crippen molar-refractivity contribution < 1.29 is 4.79 Å². The van der Waals surface area contributed by atoms with Gasteiger partial charge in [0.05, 0.1) is 16.6 Å². The minimum Gasteiger partial charge on any atom is -0.325 e. The van der Waals surface area contributed by atoms with Crippen molar-refractivity contribution in [1.29, 1.82) is 0 Å². The molecule has 7 heteroatoms. The van der Waals surface area contributed by atoms with Crippen LogP contribution in [0, 0.1) is 0 Å². The maximum Gasteiger partial charge on any atom is 0.284 e. The van der Waals surface area contributed by atoms with Crippen molar-refractivity contribution >= 4 is 28.3 Å². The van der Waals surface area contributed by atoms with Crippen molar-refractivity contribution in [2.24, 2.45) is 0 Å². The third-order valence-electron chi connectivity index (χ3n) is 6.37. The van der Waals surface area contributed by atoms with Gasteiger partial charge in [-0.05, 0) is 29.3 Å². The number of rotatable bonds is 5. The van der Waals surface area contributed by atoms with Crippen LogP contribution in [-0.2, 0) is 4.79 Å². The summed E-state index contributed by atoms with van der Waals surface area (Å²) in [6, 6.07) is 29.0. The van der Waals surface area contributed by atoms with Crippen LogP contribution in [0.4, 0.5) is 5.82 Å². The molecule has 0 radical (unpaired) electrons. The molecular weight excluding hydrogens is 462 g/mol. The largest absolute Gasteiger partial charge is 0.325 e. The van der Waals surface area contributed by atoms with E-state index in [0.717, 1.165) is 27.6 Å². The van der Waals surface area contributed by atoms with E-state index < -0.39 is 0 Å². The Morgan fingerprint density at radius 2 is 1.59 bits per heavy atom. The number of aromatic amines is 1. The predicted octanol–water partition coefficient (Wildman–Crippen LogP) is 5.92. The lowest BCUT2D eigenvalue weighted by molar-refractivity contribution is -0.115.